The average molecular weight is 426 g/mol. The summed E-state index contributed by atoms with van der Waals surface area (Å²) in [5.41, 5.74) is 1.43. The molecular weight excluding hydrogens is 403 g/mol. The van der Waals surface area contributed by atoms with Gasteiger partial charge in [-0.25, -0.2) is 4.79 Å². The highest BCUT2D eigenvalue weighted by Crippen LogP contribution is 2.33. The Morgan fingerprint density at radius 2 is 1.82 bits per heavy atom. The Kier molecular flexibility index (Phi) is 10.0. The summed E-state index contributed by atoms with van der Waals surface area (Å²) in [6.07, 6.45) is -4.54. The number of alkyl halides is 3. The average Bonchev–Trinajstić information content (AvgIpc) is 2.63. The number of rotatable bonds is 9. The standard InChI is InChI=1S/C17H23ClF3N3O4/c1-4-28-16(25)15(24(7-9-26-2)8-10-27-3)23-22-14-11-12(17(19,20)21)5-6-13(14)18/h5-6,11,22H,4,7-10H2,1-3H3. The van der Waals surface area contributed by atoms with Crippen molar-refractivity contribution in [2.45, 2.75) is 13.1 Å². The van der Waals surface area contributed by atoms with Gasteiger partial charge >= 0.3 is 12.1 Å². The number of halogens is 4. The second-order valence-corrected chi connectivity index (χ2v) is 5.84. The Labute approximate surface area is 166 Å². The van der Waals surface area contributed by atoms with Crippen molar-refractivity contribution in [3.63, 3.8) is 0 Å². The summed E-state index contributed by atoms with van der Waals surface area (Å²) in [6.45, 7) is 2.87. The highest BCUT2D eigenvalue weighted by atomic mass is 35.5. The first-order valence-corrected chi connectivity index (χ1v) is 8.72. The number of amidine groups is 1. The van der Waals surface area contributed by atoms with Gasteiger partial charge < -0.3 is 19.1 Å². The number of nitrogens with one attached hydrogen (secondary N) is 1. The maximum absolute atomic E-state index is 12.9. The van der Waals surface area contributed by atoms with E-state index in [4.69, 9.17) is 25.8 Å². The van der Waals surface area contributed by atoms with Crippen LogP contribution in [0.25, 0.3) is 0 Å². The molecule has 1 aromatic carbocycles. The van der Waals surface area contributed by atoms with Gasteiger partial charge in [0.15, 0.2) is 0 Å². The lowest BCUT2D eigenvalue weighted by Crippen LogP contribution is -2.42. The summed E-state index contributed by atoms with van der Waals surface area (Å²) in [5, 5.41) is 3.97. The molecule has 0 unspecified atom stereocenters. The zero-order valence-corrected chi connectivity index (χ0v) is 16.6. The zero-order valence-electron chi connectivity index (χ0n) is 15.8. The summed E-state index contributed by atoms with van der Waals surface area (Å²) >= 11 is 5.95. The quantitative estimate of drug-likeness (QED) is 0.283. The van der Waals surface area contributed by atoms with Crippen LogP contribution >= 0.6 is 11.6 Å². The maximum atomic E-state index is 12.9. The maximum Gasteiger partial charge on any atom is 0.416 e. The second-order valence-electron chi connectivity index (χ2n) is 5.43. The predicted octanol–water partition coefficient (Wildman–Crippen LogP) is 3.24. The molecule has 158 valence electrons. The van der Waals surface area contributed by atoms with Crippen LogP contribution in [0.2, 0.25) is 5.02 Å². The fourth-order valence-electron chi connectivity index (χ4n) is 2.07. The van der Waals surface area contributed by atoms with E-state index < -0.39 is 17.7 Å². The number of hydrogen-bond donors (Lipinski definition) is 1. The van der Waals surface area contributed by atoms with Gasteiger partial charge in [-0.15, -0.1) is 5.10 Å². The Bertz CT molecular complexity index is 664. The molecule has 28 heavy (non-hydrogen) atoms. The van der Waals surface area contributed by atoms with Crippen molar-refractivity contribution in [1.82, 2.24) is 4.90 Å². The summed E-state index contributed by atoms with van der Waals surface area (Å²) in [5.74, 6) is -0.880. The number of methoxy groups -OCH3 is 2. The molecule has 11 heteroatoms. The molecule has 0 saturated heterocycles. The first kappa shape index (κ1) is 24.0. The number of carbonyl (C=O) groups excluding carboxylic acids is 1. The molecule has 0 spiro atoms. The summed E-state index contributed by atoms with van der Waals surface area (Å²) in [7, 11) is 2.99. The van der Waals surface area contributed by atoms with Crippen molar-refractivity contribution in [2.75, 3.05) is 52.6 Å². The van der Waals surface area contributed by atoms with Crippen LogP contribution < -0.4 is 5.43 Å². The van der Waals surface area contributed by atoms with E-state index in [-0.39, 0.29) is 49.5 Å². The highest BCUT2D eigenvalue weighted by molar-refractivity contribution is 6.35. The SMILES string of the molecule is CCOC(=O)C(=NNc1cc(C(F)(F)F)ccc1Cl)N(CCOC)CCOC. The number of benzene rings is 1. The molecule has 1 N–H and O–H groups in total. The van der Waals surface area contributed by atoms with Crippen molar-refractivity contribution in [3.05, 3.63) is 28.8 Å². The molecule has 1 rings (SSSR count). The molecule has 0 fully saturated rings. The minimum Gasteiger partial charge on any atom is -0.460 e. The van der Waals surface area contributed by atoms with Crippen LogP contribution in [0.15, 0.2) is 23.3 Å². The molecule has 0 atom stereocenters. The van der Waals surface area contributed by atoms with Crippen molar-refractivity contribution >= 4 is 29.1 Å². The van der Waals surface area contributed by atoms with Crippen LogP contribution in [0, 0.1) is 0 Å². The second kappa shape index (κ2) is 11.7. The van der Waals surface area contributed by atoms with Gasteiger partial charge in [-0.3, -0.25) is 5.43 Å². The van der Waals surface area contributed by atoms with Gasteiger partial charge in [0.2, 0.25) is 5.84 Å². The molecule has 0 radical (unpaired) electrons. The molecule has 0 aliphatic rings. The third kappa shape index (κ3) is 7.53. The van der Waals surface area contributed by atoms with Crippen LogP contribution in [0.5, 0.6) is 0 Å². The van der Waals surface area contributed by atoms with E-state index in [1.54, 1.807) is 11.8 Å². The van der Waals surface area contributed by atoms with Crippen molar-refractivity contribution < 1.29 is 32.2 Å². The molecular formula is C17H23ClF3N3O4. The Morgan fingerprint density at radius 1 is 1.21 bits per heavy atom. The lowest BCUT2D eigenvalue weighted by Gasteiger charge is -2.24. The Balaban J connectivity index is 3.19. The van der Waals surface area contributed by atoms with Crippen LogP contribution in [-0.2, 0) is 25.2 Å². The lowest BCUT2D eigenvalue weighted by atomic mass is 10.2. The van der Waals surface area contributed by atoms with Crippen LogP contribution in [0.1, 0.15) is 12.5 Å². The van der Waals surface area contributed by atoms with Gasteiger partial charge in [0, 0.05) is 27.3 Å². The normalized spacial score (nSPS) is 12.0. The van der Waals surface area contributed by atoms with E-state index in [1.807, 2.05) is 0 Å². The smallest absolute Gasteiger partial charge is 0.416 e. The van der Waals surface area contributed by atoms with Gasteiger partial charge in [-0.05, 0) is 25.1 Å². The number of ether oxygens (including phenoxy) is 3. The van der Waals surface area contributed by atoms with Crippen molar-refractivity contribution in [3.8, 4) is 0 Å². The summed E-state index contributed by atoms with van der Waals surface area (Å²) < 4.78 is 53.8. The van der Waals surface area contributed by atoms with E-state index in [0.29, 0.717) is 0 Å². The first-order chi connectivity index (χ1) is 13.2. The summed E-state index contributed by atoms with van der Waals surface area (Å²) in [4.78, 5) is 13.9. The number of carbonyl (C=O) groups is 1. The monoisotopic (exact) mass is 425 g/mol. The van der Waals surface area contributed by atoms with E-state index in [9.17, 15) is 18.0 Å². The van der Waals surface area contributed by atoms with E-state index in [2.05, 4.69) is 10.5 Å². The molecule has 0 aliphatic carbocycles. The van der Waals surface area contributed by atoms with Crippen molar-refractivity contribution in [1.29, 1.82) is 0 Å². The number of hydrazone groups is 1. The molecule has 0 aromatic heterocycles. The van der Waals surface area contributed by atoms with Gasteiger partial charge in [-0.2, -0.15) is 13.2 Å². The number of esters is 1. The van der Waals surface area contributed by atoms with Crippen LogP contribution in [-0.4, -0.2) is 63.8 Å². The lowest BCUT2D eigenvalue weighted by molar-refractivity contribution is -0.138. The highest BCUT2D eigenvalue weighted by Gasteiger charge is 2.31. The number of anilines is 1. The van der Waals surface area contributed by atoms with E-state index in [0.717, 1.165) is 18.2 Å². The van der Waals surface area contributed by atoms with Crippen LogP contribution in [0.3, 0.4) is 0 Å². The Hall–Kier alpha value is -2.04. The molecule has 1 aromatic rings. The van der Waals surface area contributed by atoms with Gasteiger partial charge in [0.05, 0.1) is 36.1 Å². The molecule has 0 heterocycles. The fourth-order valence-corrected chi connectivity index (χ4v) is 2.23. The topological polar surface area (TPSA) is 72.4 Å². The van der Waals surface area contributed by atoms with Gasteiger partial charge in [0.25, 0.3) is 0 Å². The molecule has 0 bridgehead atoms. The number of nitrogens with zero attached hydrogens (tertiary/aromatic N) is 2. The third-order valence-corrected chi connectivity index (χ3v) is 3.79. The molecule has 0 amide bonds. The van der Waals surface area contributed by atoms with E-state index >= 15 is 0 Å². The zero-order chi connectivity index (χ0) is 21.2. The van der Waals surface area contributed by atoms with Gasteiger partial charge in [-0.1, -0.05) is 11.6 Å². The Morgan fingerprint density at radius 3 is 2.32 bits per heavy atom. The molecule has 0 aliphatic heterocycles. The minimum atomic E-state index is -4.54. The first-order valence-electron chi connectivity index (χ1n) is 8.35. The minimum absolute atomic E-state index is 0.0142. The van der Waals surface area contributed by atoms with E-state index in [1.165, 1.54) is 14.2 Å². The number of hydrogen-bond acceptors (Lipinski definition) is 6. The fraction of sp³-hybridized carbons (Fsp3) is 0.529. The predicted molar refractivity (Wildman–Crippen MR) is 99.5 cm³/mol. The summed E-state index contributed by atoms with van der Waals surface area (Å²) in [6, 6.07) is 2.76. The van der Waals surface area contributed by atoms with Crippen LogP contribution in [0.4, 0.5) is 18.9 Å². The van der Waals surface area contributed by atoms with Gasteiger partial charge in [0.1, 0.15) is 0 Å². The molecule has 7 nitrogen and oxygen atoms in total. The molecule has 0 saturated carbocycles. The largest absolute Gasteiger partial charge is 0.460 e. The third-order valence-electron chi connectivity index (χ3n) is 3.46. The van der Waals surface area contributed by atoms with Crippen molar-refractivity contribution in [2.24, 2.45) is 5.10 Å².